The number of nitrogens with one attached hydrogen (secondary N) is 2. The van der Waals surface area contributed by atoms with Gasteiger partial charge in [-0.2, -0.15) is 0 Å². The van der Waals surface area contributed by atoms with Crippen molar-refractivity contribution in [2.45, 2.75) is 51.4 Å². The third-order valence-electron chi connectivity index (χ3n) is 5.90. The van der Waals surface area contributed by atoms with Crippen LogP contribution in [0.3, 0.4) is 0 Å². The molecule has 5 rings (SSSR count). The molecule has 1 aliphatic heterocycles. The zero-order valence-electron chi connectivity index (χ0n) is 17.7. The van der Waals surface area contributed by atoms with Gasteiger partial charge < -0.3 is 15.0 Å². The third kappa shape index (κ3) is 4.45. The topological polar surface area (TPSA) is 109 Å². The van der Waals surface area contributed by atoms with Crippen molar-refractivity contribution >= 4 is 11.9 Å². The number of amides is 1. The van der Waals surface area contributed by atoms with Gasteiger partial charge >= 0.3 is 0 Å². The van der Waals surface area contributed by atoms with Gasteiger partial charge in [-0.05, 0) is 43.0 Å². The van der Waals surface area contributed by atoms with E-state index in [0.29, 0.717) is 25.5 Å². The molecule has 2 N–H and O–H groups in total. The molecule has 1 aliphatic carbocycles. The van der Waals surface area contributed by atoms with E-state index in [9.17, 15) is 9.18 Å². The van der Waals surface area contributed by atoms with Gasteiger partial charge in [0, 0.05) is 37.0 Å². The van der Waals surface area contributed by atoms with Crippen LogP contribution in [-0.2, 0) is 41.9 Å². The Morgan fingerprint density at radius 1 is 1.31 bits per heavy atom. The summed E-state index contributed by atoms with van der Waals surface area (Å²) in [6.07, 6.45) is 5.47. The molecule has 1 amide bonds. The maximum atomic E-state index is 13.5. The molecule has 0 bridgehead atoms. The number of fused-ring (bicyclic) bond motifs is 2. The number of benzene rings is 1. The molecule has 2 aromatic heterocycles. The van der Waals surface area contributed by atoms with Gasteiger partial charge in [-0.15, -0.1) is 5.10 Å². The average molecular weight is 437 g/mol. The number of nitrogens with zero attached hydrogens (tertiary/aromatic N) is 5. The molecule has 32 heavy (non-hydrogen) atoms. The van der Waals surface area contributed by atoms with Gasteiger partial charge in [-0.1, -0.05) is 11.3 Å². The van der Waals surface area contributed by atoms with Crippen molar-refractivity contribution in [2.75, 3.05) is 11.9 Å². The molecule has 0 saturated heterocycles. The monoisotopic (exact) mass is 437 g/mol. The highest BCUT2D eigenvalue weighted by atomic mass is 19.1. The lowest BCUT2D eigenvalue weighted by Crippen LogP contribution is -2.31. The number of halogens is 1. The van der Waals surface area contributed by atoms with Gasteiger partial charge in [0.25, 0.3) is 0 Å². The summed E-state index contributed by atoms with van der Waals surface area (Å²) in [6.45, 7) is 2.81. The van der Waals surface area contributed by atoms with Crippen molar-refractivity contribution in [2.24, 2.45) is 0 Å². The van der Waals surface area contributed by atoms with Crippen LogP contribution in [0.2, 0.25) is 0 Å². The first-order chi connectivity index (χ1) is 15.5. The van der Waals surface area contributed by atoms with Crippen LogP contribution in [0, 0.1) is 5.82 Å². The highest BCUT2D eigenvalue weighted by Crippen LogP contribution is 2.26. The van der Waals surface area contributed by atoms with Crippen molar-refractivity contribution in [3.8, 4) is 0 Å². The molecule has 0 unspecified atom stereocenters. The van der Waals surface area contributed by atoms with Gasteiger partial charge in [0.1, 0.15) is 12.4 Å². The summed E-state index contributed by atoms with van der Waals surface area (Å²) in [5.41, 5.74) is 4.76. The summed E-state index contributed by atoms with van der Waals surface area (Å²) in [7, 11) is 0. The molecule has 1 aromatic carbocycles. The van der Waals surface area contributed by atoms with Crippen LogP contribution in [-0.4, -0.2) is 54.9 Å². The first-order valence-electron chi connectivity index (χ1n) is 10.7. The third-order valence-corrected chi connectivity index (χ3v) is 5.90. The van der Waals surface area contributed by atoms with Gasteiger partial charge in [0.2, 0.25) is 11.9 Å². The highest BCUT2D eigenvalue weighted by molar-refractivity contribution is 5.78. The van der Waals surface area contributed by atoms with Gasteiger partial charge in [-0.3, -0.25) is 9.89 Å². The van der Waals surface area contributed by atoms with Gasteiger partial charge in [0.05, 0.1) is 24.0 Å². The number of anilines is 1. The Bertz CT molecular complexity index is 1120. The predicted molar refractivity (Wildman–Crippen MR) is 113 cm³/mol. The summed E-state index contributed by atoms with van der Waals surface area (Å²) in [5, 5.41) is 13.6. The average Bonchev–Trinajstić information content (AvgIpc) is 3.50. The molecule has 10 heteroatoms. The number of aromatic nitrogens is 5. The maximum absolute atomic E-state index is 13.5. The molecule has 2 aliphatic rings. The van der Waals surface area contributed by atoms with E-state index in [0.717, 1.165) is 40.9 Å². The predicted octanol–water partition coefficient (Wildman–Crippen LogP) is 1.80. The van der Waals surface area contributed by atoms with E-state index in [-0.39, 0.29) is 30.5 Å². The number of carbonyl (C=O) groups is 1. The SMILES string of the molecule is C[C@H](Cc1c[nH]nn1)OCC(=O)N1Cc2cnc(N[C@@H]3Cc4ccc(F)cc4C3)nc2C1. The Kier molecular flexibility index (Phi) is 5.52. The van der Waals surface area contributed by atoms with Crippen LogP contribution >= 0.6 is 0 Å². The number of rotatable bonds is 7. The van der Waals surface area contributed by atoms with E-state index in [2.05, 4.69) is 30.7 Å². The highest BCUT2D eigenvalue weighted by Gasteiger charge is 2.27. The van der Waals surface area contributed by atoms with Crippen LogP contribution in [0.15, 0.2) is 30.6 Å². The summed E-state index contributed by atoms with van der Waals surface area (Å²) in [4.78, 5) is 23.4. The molecule has 166 valence electrons. The number of hydrogen-bond acceptors (Lipinski definition) is 7. The molecule has 9 nitrogen and oxygen atoms in total. The minimum atomic E-state index is -0.209. The van der Waals surface area contributed by atoms with Crippen LogP contribution in [0.1, 0.15) is 35.0 Å². The number of carbonyl (C=O) groups excluding carboxylic acids is 1. The second-order valence-electron chi connectivity index (χ2n) is 8.37. The van der Waals surface area contributed by atoms with Crippen molar-refractivity contribution in [1.82, 2.24) is 30.3 Å². The molecule has 2 atom stereocenters. The minimum absolute atomic E-state index is 0.00242. The minimum Gasteiger partial charge on any atom is -0.368 e. The van der Waals surface area contributed by atoms with Crippen LogP contribution in [0.4, 0.5) is 10.3 Å². The van der Waals surface area contributed by atoms with Gasteiger partial charge in [0.15, 0.2) is 0 Å². The molecule has 0 saturated carbocycles. The lowest BCUT2D eigenvalue weighted by atomic mass is 10.1. The van der Waals surface area contributed by atoms with Crippen LogP contribution < -0.4 is 5.32 Å². The lowest BCUT2D eigenvalue weighted by molar-refractivity contribution is -0.138. The number of H-pyrrole nitrogens is 1. The largest absolute Gasteiger partial charge is 0.368 e. The number of ether oxygens (including phenoxy) is 1. The Morgan fingerprint density at radius 2 is 2.19 bits per heavy atom. The zero-order valence-corrected chi connectivity index (χ0v) is 17.7. The number of hydrogen-bond donors (Lipinski definition) is 2. The van der Waals surface area contributed by atoms with Crippen LogP contribution in [0.5, 0.6) is 0 Å². The van der Waals surface area contributed by atoms with E-state index < -0.39 is 0 Å². The van der Waals surface area contributed by atoms with Crippen LogP contribution in [0.25, 0.3) is 0 Å². The fourth-order valence-corrected chi connectivity index (χ4v) is 4.25. The molecular formula is C22H24FN7O2. The van der Waals surface area contributed by atoms with Crippen molar-refractivity contribution in [3.05, 3.63) is 64.5 Å². The zero-order chi connectivity index (χ0) is 22.1. The second-order valence-corrected chi connectivity index (χ2v) is 8.37. The number of aromatic amines is 1. The first-order valence-corrected chi connectivity index (χ1v) is 10.7. The van der Waals surface area contributed by atoms with E-state index >= 15 is 0 Å². The molecule has 0 radical (unpaired) electrons. The van der Waals surface area contributed by atoms with E-state index in [1.54, 1.807) is 23.4 Å². The Labute approximate surface area is 184 Å². The summed E-state index contributed by atoms with van der Waals surface area (Å²) in [6, 6.07) is 5.06. The molecule has 0 fully saturated rings. The fraction of sp³-hybridized carbons (Fsp3) is 0.409. The maximum Gasteiger partial charge on any atom is 0.249 e. The summed E-state index contributed by atoms with van der Waals surface area (Å²) in [5.74, 6) is 0.242. The summed E-state index contributed by atoms with van der Waals surface area (Å²) < 4.78 is 19.2. The molecule has 3 aromatic rings. The lowest BCUT2D eigenvalue weighted by Gasteiger charge is -2.17. The Morgan fingerprint density at radius 3 is 3.03 bits per heavy atom. The van der Waals surface area contributed by atoms with Crippen molar-refractivity contribution in [1.29, 1.82) is 0 Å². The molecule has 0 spiro atoms. The first kappa shape index (κ1) is 20.5. The standard InChI is InChI=1S/C22H24FN7O2/c1-13(4-19-9-25-29-28-19)32-12-21(31)30-10-16-8-24-22(27-20(16)11-30)26-18-6-14-2-3-17(23)5-15(14)7-18/h2-3,5,8-9,13,18H,4,6-7,10-12H2,1H3,(H,24,26,27)(H,25,28,29)/t13-,18-/m1/s1. The van der Waals surface area contributed by atoms with E-state index in [4.69, 9.17) is 4.74 Å². The Balaban J connectivity index is 1.14. The van der Waals surface area contributed by atoms with E-state index in [1.807, 2.05) is 13.0 Å². The van der Waals surface area contributed by atoms with Crippen molar-refractivity contribution in [3.63, 3.8) is 0 Å². The van der Waals surface area contributed by atoms with E-state index in [1.165, 1.54) is 6.07 Å². The Hall–Kier alpha value is -3.40. The second kappa shape index (κ2) is 8.62. The normalized spacial score (nSPS) is 17.8. The van der Waals surface area contributed by atoms with Crippen molar-refractivity contribution < 1.29 is 13.9 Å². The molecule has 3 heterocycles. The summed E-state index contributed by atoms with van der Waals surface area (Å²) >= 11 is 0. The van der Waals surface area contributed by atoms with Gasteiger partial charge in [-0.25, -0.2) is 14.4 Å². The molecular weight excluding hydrogens is 413 g/mol. The smallest absolute Gasteiger partial charge is 0.249 e. The fourth-order valence-electron chi connectivity index (χ4n) is 4.25. The quantitative estimate of drug-likeness (QED) is 0.580.